The van der Waals surface area contributed by atoms with Crippen LogP contribution in [0.5, 0.6) is 0 Å². The van der Waals surface area contributed by atoms with Crippen molar-refractivity contribution < 1.29 is 4.42 Å². The minimum Gasteiger partial charge on any atom is -0.454 e. The lowest BCUT2D eigenvalue weighted by Crippen LogP contribution is -2.00. The van der Waals surface area contributed by atoms with Crippen LogP contribution in [0.15, 0.2) is 174 Å². The maximum Gasteiger partial charge on any atom is 0.164 e. The van der Waals surface area contributed by atoms with Crippen LogP contribution in [0.25, 0.3) is 105 Å². The van der Waals surface area contributed by atoms with E-state index in [1.54, 1.807) is 0 Å². The first-order chi connectivity index (χ1) is 25.7. The summed E-state index contributed by atoms with van der Waals surface area (Å²) in [6, 6.07) is 59.2. The second-order valence-corrected chi connectivity index (χ2v) is 13.3. The van der Waals surface area contributed by atoms with E-state index in [9.17, 15) is 0 Å². The first-order valence-electron chi connectivity index (χ1n) is 17.4. The van der Waals surface area contributed by atoms with E-state index in [4.69, 9.17) is 19.4 Å². The summed E-state index contributed by atoms with van der Waals surface area (Å²) >= 11 is 0. The van der Waals surface area contributed by atoms with Crippen molar-refractivity contribution in [3.8, 4) is 39.9 Å². The Morgan fingerprint density at radius 3 is 1.44 bits per heavy atom. The zero-order valence-corrected chi connectivity index (χ0v) is 27.9. The van der Waals surface area contributed by atoms with Gasteiger partial charge in [-0.3, -0.25) is 0 Å². The first-order valence-corrected chi connectivity index (χ1v) is 17.4. The van der Waals surface area contributed by atoms with Gasteiger partial charge in [0.2, 0.25) is 0 Å². The molecule has 0 saturated heterocycles. The van der Waals surface area contributed by atoms with E-state index < -0.39 is 0 Å². The third-order valence-electron chi connectivity index (χ3n) is 10.2. The molecule has 0 aliphatic rings. The smallest absolute Gasteiger partial charge is 0.164 e. The van der Waals surface area contributed by atoms with Gasteiger partial charge in [-0.15, -0.1) is 0 Å². The Labute approximate surface area is 298 Å². The highest BCUT2D eigenvalue weighted by atomic mass is 16.3. The van der Waals surface area contributed by atoms with Gasteiger partial charge >= 0.3 is 0 Å². The zero-order chi connectivity index (χ0) is 34.2. The van der Waals surface area contributed by atoms with Gasteiger partial charge in [-0.1, -0.05) is 127 Å². The van der Waals surface area contributed by atoms with Gasteiger partial charge in [0.15, 0.2) is 23.1 Å². The predicted octanol–water partition coefficient (Wildman–Crippen LogP) is 12.2. The van der Waals surface area contributed by atoms with Crippen LogP contribution in [0.1, 0.15) is 0 Å². The summed E-state index contributed by atoms with van der Waals surface area (Å²) in [6.45, 7) is 0. The van der Waals surface area contributed by atoms with Crippen molar-refractivity contribution >= 4 is 65.3 Å². The molecule has 52 heavy (non-hydrogen) atoms. The summed E-state index contributed by atoms with van der Waals surface area (Å²) in [7, 11) is 0. The van der Waals surface area contributed by atoms with Crippen molar-refractivity contribution in [3.05, 3.63) is 170 Å². The average Bonchev–Trinajstić information content (AvgIpc) is 3.76. The fourth-order valence-electron chi connectivity index (χ4n) is 7.70. The van der Waals surface area contributed by atoms with Gasteiger partial charge in [0.05, 0.1) is 16.7 Å². The summed E-state index contributed by atoms with van der Waals surface area (Å²) in [5.41, 5.74) is 7.64. The Bertz CT molecular complexity index is 3060. The first kappa shape index (κ1) is 28.7. The van der Waals surface area contributed by atoms with E-state index in [1.807, 2.05) is 0 Å². The highest BCUT2D eigenvalue weighted by molar-refractivity contribution is 6.13. The largest absolute Gasteiger partial charge is 0.454 e. The van der Waals surface area contributed by atoms with E-state index in [2.05, 4.69) is 174 Å². The van der Waals surface area contributed by atoms with Gasteiger partial charge in [-0.25, -0.2) is 15.0 Å². The molecule has 0 aliphatic heterocycles. The van der Waals surface area contributed by atoms with Crippen LogP contribution in [0, 0.1) is 0 Å². The van der Waals surface area contributed by atoms with Crippen LogP contribution in [-0.2, 0) is 0 Å². The van der Waals surface area contributed by atoms with Crippen LogP contribution in [0.2, 0.25) is 0 Å². The van der Waals surface area contributed by atoms with Crippen molar-refractivity contribution in [1.29, 1.82) is 0 Å². The van der Waals surface area contributed by atoms with Crippen molar-refractivity contribution in [1.82, 2.24) is 19.5 Å². The lowest BCUT2D eigenvalue weighted by molar-refractivity contribution is 0.666. The molecule has 0 fully saturated rings. The molecule has 0 saturated carbocycles. The molecule has 11 aromatic rings. The van der Waals surface area contributed by atoms with Gasteiger partial charge in [0.1, 0.15) is 5.58 Å². The minimum atomic E-state index is 0.589. The predicted molar refractivity (Wildman–Crippen MR) is 213 cm³/mol. The molecule has 5 nitrogen and oxygen atoms in total. The molecule has 0 unspecified atom stereocenters. The highest BCUT2D eigenvalue weighted by Gasteiger charge is 2.19. The standard InChI is InChI=1S/C47H28N4O/c1-3-12-31-26-33(22-20-29(31)10-1)45-48-46(34-23-21-30-11-2-4-13-32(30)27-34)50-47(49-45)35-24-25-38-39-16-9-19-42(44(39)52-43(38)28-35)51-40-17-7-5-14-36(40)37-15-6-8-18-41(37)51/h1-28H. The van der Waals surface area contributed by atoms with Crippen LogP contribution in [0.4, 0.5) is 0 Å². The van der Waals surface area contributed by atoms with E-state index >= 15 is 0 Å². The summed E-state index contributed by atoms with van der Waals surface area (Å²) in [5.74, 6) is 1.83. The van der Waals surface area contributed by atoms with Gasteiger partial charge in [0.25, 0.3) is 0 Å². The number of hydrogen-bond donors (Lipinski definition) is 0. The average molecular weight is 665 g/mol. The normalized spacial score (nSPS) is 11.8. The molecular formula is C47H28N4O. The van der Waals surface area contributed by atoms with Crippen molar-refractivity contribution in [2.24, 2.45) is 0 Å². The third kappa shape index (κ3) is 4.46. The molecule has 11 rings (SSSR count). The lowest BCUT2D eigenvalue weighted by Gasteiger charge is -2.10. The van der Waals surface area contributed by atoms with E-state index in [-0.39, 0.29) is 0 Å². The SMILES string of the molecule is c1ccc2cc(-c3nc(-c4ccc5ccccc5c4)nc(-c4ccc5c(c4)oc4c(-n6c7ccccc7c7ccccc76)cccc45)n3)ccc2c1. The molecule has 3 aromatic heterocycles. The minimum absolute atomic E-state index is 0.589. The molecule has 0 spiro atoms. The number of nitrogens with zero attached hydrogens (tertiary/aromatic N) is 4. The fourth-order valence-corrected chi connectivity index (χ4v) is 7.70. The summed E-state index contributed by atoms with van der Waals surface area (Å²) in [6.07, 6.45) is 0. The van der Waals surface area contributed by atoms with Gasteiger partial charge < -0.3 is 8.98 Å². The molecule has 0 aliphatic carbocycles. The fraction of sp³-hybridized carbons (Fsp3) is 0. The number of furan rings is 1. The van der Waals surface area contributed by atoms with Gasteiger partial charge in [-0.05, 0) is 64.0 Å². The second-order valence-electron chi connectivity index (χ2n) is 13.3. The third-order valence-corrected chi connectivity index (χ3v) is 10.2. The quantitative estimate of drug-likeness (QED) is 0.188. The van der Waals surface area contributed by atoms with Crippen LogP contribution in [0.3, 0.4) is 0 Å². The summed E-state index contributed by atoms with van der Waals surface area (Å²) < 4.78 is 9.11. The maximum absolute atomic E-state index is 6.80. The number of fused-ring (bicyclic) bond motifs is 8. The molecular weight excluding hydrogens is 637 g/mol. The molecule has 0 radical (unpaired) electrons. The number of benzene rings is 8. The lowest BCUT2D eigenvalue weighted by atomic mass is 10.1. The molecule has 0 N–H and O–H groups in total. The molecule has 3 heterocycles. The zero-order valence-electron chi connectivity index (χ0n) is 27.9. The summed E-state index contributed by atoms with van der Waals surface area (Å²) in [5, 5.41) is 9.15. The molecule has 0 atom stereocenters. The molecule has 242 valence electrons. The monoisotopic (exact) mass is 664 g/mol. The molecule has 0 amide bonds. The van der Waals surface area contributed by atoms with Crippen LogP contribution < -0.4 is 0 Å². The molecule has 0 bridgehead atoms. The van der Waals surface area contributed by atoms with Crippen molar-refractivity contribution in [2.75, 3.05) is 0 Å². The highest BCUT2D eigenvalue weighted by Crippen LogP contribution is 2.39. The second kappa shape index (κ2) is 11.2. The Hall–Kier alpha value is -7.11. The van der Waals surface area contributed by atoms with Gasteiger partial charge in [-0.2, -0.15) is 0 Å². The van der Waals surface area contributed by atoms with Crippen molar-refractivity contribution in [2.45, 2.75) is 0 Å². The topological polar surface area (TPSA) is 56.7 Å². The van der Waals surface area contributed by atoms with E-state index in [1.165, 1.54) is 21.5 Å². The van der Waals surface area contributed by atoms with Crippen molar-refractivity contribution in [3.63, 3.8) is 0 Å². The Morgan fingerprint density at radius 2 is 0.846 bits per heavy atom. The Morgan fingerprint density at radius 1 is 0.365 bits per heavy atom. The molecule has 8 aromatic carbocycles. The number of hydrogen-bond acceptors (Lipinski definition) is 4. The molecule has 5 heteroatoms. The Kier molecular flexibility index (Phi) is 6.18. The number of rotatable bonds is 4. The van der Waals surface area contributed by atoms with E-state index in [0.717, 1.165) is 66.1 Å². The van der Waals surface area contributed by atoms with Crippen LogP contribution in [-0.4, -0.2) is 19.5 Å². The Balaban J connectivity index is 1.10. The van der Waals surface area contributed by atoms with E-state index in [0.29, 0.717) is 17.5 Å². The van der Waals surface area contributed by atoms with Gasteiger partial charge in [0, 0.05) is 38.2 Å². The number of para-hydroxylation sites is 3. The maximum atomic E-state index is 6.80. The van der Waals surface area contributed by atoms with Crippen LogP contribution >= 0.6 is 0 Å². The summed E-state index contributed by atoms with van der Waals surface area (Å²) in [4.78, 5) is 15.2. The number of aromatic nitrogens is 4.